The number of morpholine rings is 1. The summed E-state index contributed by atoms with van der Waals surface area (Å²) in [4.78, 5) is 32.9. The lowest BCUT2D eigenvalue weighted by atomic mass is 10.1. The summed E-state index contributed by atoms with van der Waals surface area (Å²) in [6.45, 7) is 8.07. The Balaban J connectivity index is 1.46. The number of hydrogen-bond donors (Lipinski definition) is 1. The Morgan fingerprint density at radius 2 is 1.89 bits per heavy atom. The fourth-order valence-corrected chi connectivity index (χ4v) is 5.58. The van der Waals surface area contributed by atoms with Gasteiger partial charge in [-0.3, -0.25) is 14.9 Å². The third kappa shape index (κ3) is 6.37. The number of anilines is 1. The number of carbonyl (C=O) groups is 2. The first-order chi connectivity index (χ1) is 17.3. The van der Waals surface area contributed by atoms with E-state index >= 15 is 0 Å². The molecule has 2 aromatic carbocycles. The number of nitrogens with zero attached hydrogens (tertiary/aromatic N) is 2. The van der Waals surface area contributed by atoms with Gasteiger partial charge < -0.3 is 19.1 Å². The molecule has 0 bridgehead atoms. The minimum atomic E-state index is -0.240. The molecule has 1 saturated heterocycles. The third-order valence-electron chi connectivity index (χ3n) is 5.43. The fourth-order valence-electron chi connectivity index (χ4n) is 3.64. The molecule has 3 aromatic rings. The monoisotopic (exact) mass is 527 g/mol. The van der Waals surface area contributed by atoms with Gasteiger partial charge in [-0.15, -0.1) is 0 Å². The van der Waals surface area contributed by atoms with Gasteiger partial charge in [0.1, 0.15) is 11.5 Å². The predicted molar refractivity (Wildman–Crippen MR) is 141 cm³/mol. The number of ether oxygens (including phenoxy) is 3. The normalized spacial score (nSPS) is 13.5. The van der Waals surface area contributed by atoms with Gasteiger partial charge in [0.2, 0.25) is 0 Å². The largest absolute Gasteiger partial charge is 0.496 e. The maximum atomic E-state index is 13.1. The average Bonchev–Trinajstić information content (AvgIpc) is 3.31. The van der Waals surface area contributed by atoms with Gasteiger partial charge >= 0.3 is 0 Å². The summed E-state index contributed by atoms with van der Waals surface area (Å²) in [6, 6.07) is 10.8. The molecule has 0 unspecified atom stereocenters. The van der Waals surface area contributed by atoms with Crippen LogP contribution in [-0.2, 0) is 4.74 Å². The number of carbonyl (C=O) groups excluding carboxylic acids is 2. The first-order valence-electron chi connectivity index (χ1n) is 11.6. The SMILES string of the molecule is COc1cc(C)c(Sc2cnc(NC(=O)c3ccc(OC(C)C)cc3)s2)cc1C(=O)N1CCOCC1. The van der Waals surface area contributed by atoms with E-state index in [4.69, 9.17) is 14.2 Å². The van der Waals surface area contributed by atoms with Gasteiger partial charge in [-0.05, 0) is 62.7 Å². The second-order valence-corrected chi connectivity index (χ2v) is 10.8. The average molecular weight is 528 g/mol. The van der Waals surface area contributed by atoms with E-state index < -0.39 is 0 Å². The van der Waals surface area contributed by atoms with Crippen LogP contribution in [0.15, 0.2) is 51.7 Å². The second-order valence-electron chi connectivity index (χ2n) is 8.45. The Labute approximate surface area is 219 Å². The molecule has 1 aliphatic rings. The number of benzene rings is 2. The maximum Gasteiger partial charge on any atom is 0.257 e. The molecule has 1 fully saturated rings. The summed E-state index contributed by atoms with van der Waals surface area (Å²) in [7, 11) is 1.57. The van der Waals surface area contributed by atoms with E-state index in [0.717, 1.165) is 20.4 Å². The minimum absolute atomic E-state index is 0.0684. The van der Waals surface area contributed by atoms with Gasteiger partial charge in [-0.25, -0.2) is 4.98 Å². The van der Waals surface area contributed by atoms with Crippen LogP contribution in [-0.4, -0.2) is 61.2 Å². The number of amides is 2. The van der Waals surface area contributed by atoms with Crippen molar-refractivity contribution in [1.82, 2.24) is 9.88 Å². The second kappa shape index (κ2) is 11.8. The van der Waals surface area contributed by atoms with Crippen molar-refractivity contribution in [3.63, 3.8) is 0 Å². The molecule has 190 valence electrons. The summed E-state index contributed by atoms with van der Waals surface area (Å²) in [5, 5.41) is 3.35. The highest BCUT2D eigenvalue weighted by atomic mass is 32.2. The van der Waals surface area contributed by atoms with Crippen LogP contribution in [0.25, 0.3) is 0 Å². The van der Waals surface area contributed by atoms with Crippen molar-refractivity contribution in [1.29, 1.82) is 0 Å². The smallest absolute Gasteiger partial charge is 0.257 e. The van der Waals surface area contributed by atoms with Crippen LogP contribution in [0.4, 0.5) is 5.13 Å². The van der Waals surface area contributed by atoms with Crippen molar-refractivity contribution >= 4 is 40.0 Å². The van der Waals surface area contributed by atoms with Crippen molar-refractivity contribution in [3.8, 4) is 11.5 Å². The molecule has 0 aliphatic carbocycles. The zero-order valence-corrected chi connectivity index (χ0v) is 22.3. The van der Waals surface area contributed by atoms with Crippen LogP contribution >= 0.6 is 23.1 Å². The Morgan fingerprint density at radius 3 is 2.56 bits per heavy atom. The van der Waals surface area contributed by atoms with E-state index in [2.05, 4.69) is 10.3 Å². The van der Waals surface area contributed by atoms with E-state index in [9.17, 15) is 9.59 Å². The molecule has 8 nitrogen and oxygen atoms in total. The molecule has 2 heterocycles. The fraction of sp³-hybridized carbons (Fsp3) is 0.346. The summed E-state index contributed by atoms with van der Waals surface area (Å²) < 4.78 is 17.4. The Hall–Kier alpha value is -3.08. The van der Waals surface area contributed by atoms with Gasteiger partial charge in [0.05, 0.1) is 42.4 Å². The van der Waals surface area contributed by atoms with Crippen LogP contribution in [0.1, 0.15) is 40.1 Å². The third-order valence-corrected chi connectivity index (χ3v) is 7.60. The highest BCUT2D eigenvalue weighted by Crippen LogP contribution is 2.38. The Kier molecular flexibility index (Phi) is 8.50. The van der Waals surface area contributed by atoms with Gasteiger partial charge in [0.15, 0.2) is 5.13 Å². The molecule has 2 amide bonds. The number of hydrogen-bond acceptors (Lipinski definition) is 8. The zero-order valence-electron chi connectivity index (χ0n) is 20.7. The zero-order chi connectivity index (χ0) is 25.7. The lowest BCUT2D eigenvalue weighted by molar-refractivity contribution is 0.0300. The molecule has 1 N–H and O–H groups in total. The molecule has 1 aliphatic heterocycles. The summed E-state index contributed by atoms with van der Waals surface area (Å²) in [5.41, 5.74) is 2.03. The van der Waals surface area contributed by atoms with E-state index in [-0.39, 0.29) is 17.9 Å². The highest BCUT2D eigenvalue weighted by Gasteiger charge is 2.23. The number of methoxy groups -OCH3 is 1. The standard InChI is InChI=1S/C26H29N3O5S2/c1-16(2)34-19-7-5-18(6-8-19)24(30)28-26-27-15-23(36-26)35-22-14-20(21(32-4)13-17(22)3)25(31)29-9-11-33-12-10-29/h5-8,13-16H,9-12H2,1-4H3,(H,27,28,30). The molecule has 36 heavy (non-hydrogen) atoms. The van der Waals surface area contributed by atoms with Crippen LogP contribution in [0.2, 0.25) is 0 Å². The van der Waals surface area contributed by atoms with Crippen molar-refractivity contribution in [2.45, 2.75) is 36.0 Å². The van der Waals surface area contributed by atoms with Crippen molar-refractivity contribution in [3.05, 3.63) is 59.3 Å². The van der Waals surface area contributed by atoms with E-state index in [1.165, 1.54) is 23.1 Å². The van der Waals surface area contributed by atoms with Crippen LogP contribution in [0, 0.1) is 6.92 Å². The number of rotatable bonds is 8. The molecule has 4 rings (SSSR count). The first-order valence-corrected chi connectivity index (χ1v) is 13.2. The Morgan fingerprint density at radius 1 is 1.17 bits per heavy atom. The summed E-state index contributed by atoms with van der Waals surface area (Å²) in [5.74, 6) is 0.960. The van der Waals surface area contributed by atoms with Gasteiger partial charge in [0, 0.05) is 23.5 Å². The number of aryl methyl sites for hydroxylation is 1. The summed E-state index contributed by atoms with van der Waals surface area (Å²) in [6.07, 6.45) is 1.79. The van der Waals surface area contributed by atoms with Crippen molar-refractivity contribution < 1.29 is 23.8 Å². The summed E-state index contributed by atoms with van der Waals surface area (Å²) >= 11 is 2.88. The van der Waals surface area contributed by atoms with Crippen LogP contribution in [0.5, 0.6) is 11.5 Å². The first kappa shape index (κ1) is 26.0. The topological polar surface area (TPSA) is 90.0 Å². The maximum absolute atomic E-state index is 13.1. The predicted octanol–water partition coefficient (Wildman–Crippen LogP) is 5.12. The molecule has 0 atom stereocenters. The number of thiazole rings is 1. The molecular formula is C26H29N3O5S2. The van der Waals surface area contributed by atoms with Crippen molar-refractivity contribution in [2.75, 3.05) is 38.7 Å². The molecule has 1 aromatic heterocycles. The lowest BCUT2D eigenvalue weighted by Gasteiger charge is -2.27. The van der Waals surface area contributed by atoms with E-state index in [1.807, 2.05) is 32.9 Å². The lowest BCUT2D eigenvalue weighted by Crippen LogP contribution is -2.40. The minimum Gasteiger partial charge on any atom is -0.496 e. The highest BCUT2D eigenvalue weighted by molar-refractivity contribution is 8.01. The van der Waals surface area contributed by atoms with Gasteiger partial charge in [-0.1, -0.05) is 23.1 Å². The quantitative estimate of drug-likeness (QED) is 0.435. The number of nitrogens with one attached hydrogen (secondary N) is 1. The molecular weight excluding hydrogens is 498 g/mol. The molecule has 10 heteroatoms. The van der Waals surface area contributed by atoms with Crippen molar-refractivity contribution in [2.24, 2.45) is 0 Å². The van der Waals surface area contributed by atoms with Gasteiger partial charge in [0.25, 0.3) is 11.8 Å². The Bertz CT molecular complexity index is 1220. The van der Waals surface area contributed by atoms with Crippen LogP contribution < -0.4 is 14.8 Å². The molecule has 0 radical (unpaired) electrons. The van der Waals surface area contributed by atoms with Gasteiger partial charge in [-0.2, -0.15) is 0 Å². The van der Waals surface area contributed by atoms with Crippen LogP contribution in [0.3, 0.4) is 0 Å². The molecule has 0 saturated carbocycles. The number of aromatic nitrogens is 1. The van der Waals surface area contributed by atoms with E-state index in [0.29, 0.717) is 48.3 Å². The van der Waals surface area contributed by atoms with E-state index in [1.54, 1.807) is 42.5 Å². The molecule has 0 spiro atoms.